The second-order valence-corrected chi connectivity index (χ2v) is 4.57. The van der Waals surface area contributed by atoms with Crippen LogP contribution in [0.25, 0.3) is 0 Å². The van der Waals surface area contributed by atoms with Gasteiger partial charge in [-0.3, -0.25) is 4.79 Å². The van der Waals surface area contributed by atoms with Crippen molar-refractivity contribution < 1.29 is 9.53 Å². The minimum Gasteiger partial charge on any atom is -0.468 e. The molecule has 0 aliphatic rings. The molecule has 1 atom stereocenters. The van der Waals surface area contributed by atoms with Crippen LogP contribution in [0.4, 0.5) is 0 Å². The van der Waals surface area contributed by atoms with Crippen LogP contribution >= 0.6 is 11.3 Å². The van der Waals surface area contributed by atoms with Gasteiger partial charge < -0.3 is 10.5 Å². The molecule has 0 saturated heterocycles. The van der Waals surface area contributed by atoms with E-state index in [2.05, 4.69) is 13.0 Å². The number of esters is 1. The third kappa shape index (κ3) is 3.04. The first-order chi connectivity index (χ1) is 7.22. The van der Waals surface area contributed by atoms with Crippen molar-refractivity contribution in [2.45, 2.75) is 25.7 Å². The highest BCUT2D eigenvalue weighted by Gasteiger charge is 2.21. The largest absolute Gasteiger partial charge is 0.468 e. The standard InChI is InChI=1S/C11H17NO2S/c1-3-4-8-5-6-10(15-8)9(7-12)11(13)14-2/h5-6,9H,3-4,7,12H2,1-2H3. The highest BCUT2D eigenvalue weighted by molar-refractivity contribution is 7.12. The van der Waals surface area contributed by atoms with E-state index < -0.39 is 0 Å². The van der Waals surface area contributed by atoms with E-state index in [0.29, 0.717) is 6.54 Å². The molecule has 0 radical (unpaired) electrons. The molecule has 84 valence electrons. The van der Waals surface area contributed by atoms with Gasteiger partial charge in [-0.05, 0) is 18.6 Å². The van der Waals surface area contributed by atoms with Crippen LogP contribution in [-0.2, 0) is 16.0 Å². The van der Waals surface area contributed by atoms with E-state index in [1.807, 2.05) is 6.07 Å². The number of hydrogen-bond acceptors (Lipinski definition) is 4. The van der Waals surface area contributed by atoms with E-state index >= 15 is 0 Å². The Morgan fingerprint density at radius 1 is 1.60 bits per heavy atom. The van der Waals surface area contributed by atoms with Crippen molar-refractivity contribution in [3.8, 4) is 0 Å². The number of aryl methyl sites for hydroxylation is 1. The first-order valence-electron chi connectivity index (χ1n) is 5.09. The summed E-state index contributed by atoms with van der Waals surface area (Å²) >= 11 is 1.65. The molecule has 0 saturated carbocycles. The van der Waals surface area contributed by atoms with Gasteiger partial charge in [-0.15, -0.1) is 11.3 Å². The number of hydrogen-bond donors (Lipinski definition) is 1. The number of nitrogens with two attached hydrogens (primary N) is 1. The normalized spacial score (nSPS) is 12.5. The average Bonchev–Trinajstić information content (AvgIpc) is 2.68. The lowest BCUT2D eigenvalue weighted by molar-refractivity contribution is -0.142. The summed E-state index contributed by atoms with van der Waals surface area (Å²) in [6, 6.07) is 4.04. The summed E-state index contributed by atoms with van der Waals surface area (Å²) in [5.74, 6) is -0.548. The molecular formula is C11H17NO2S. The van der Waals surface area contributed by atoms with Crippen LogP contribution in [-0.4, -0.2) is 19.6 Å². The molecule has 0 aliphatic carbocycles. The fraction of sp³-hybridized carbons (Fsp3) is 0.545. The van der Waals surface area contributed by atoms with Crippen molar-refractivity contribution in [3.63, 3.8) is 0 Å². The van der Waals surface area contributed by atoms with E-state index in [-0.39, 0.29) is 11.9 Å². The lowest BCUT2D eigenvalue weighted by atomic mass is 10.1. The van der Waals surface area contributed by atoms with E-state index in [1.54, 1.807) is 11.3 Å². The fourth-order valence-electron chi connectivity index (χ4n) is 1.43. The summed E-state index contributed by atoms with van der Waals surface area (Å²) < 4.78 is 4.71. The Kier molecular flexibility index (Phi) is 4.78. The third-order valence-corrected chi connectivity index (χ3v) is 3.50. The van der Waals surface area contributed by atoms with Gasteiger partial charge in [-0.2, -0.15) is 0 Å². The number of thiophene rings is 1. The van der Waals surface area contributed by atoms with E-state index in [4.69, 9.17) is 10.5 Å². The maximum Gasteiger partial charge on any atom is 0.315 e. The quantitative estimate of drug-likeness (QED) is 0.782. The molecule has 1 rings (SSSR count). The Hall–Kier alpha value is -0.870. The molecule has 2 N–H and O–H groups in total. The van der Waals surface area contributed by atoms with Crippen molar-refractivity contribution in [1.82, 2.24) is 0 Å². The van der Waals surface area contributed by atoms with Gasteiger partial charge in [0, 0.05) is 16.3 Å². The first kappa shape index (κ1) is 12.2. The Bertz CT molecular complexity index is 322. The zero-order chi connectivity index (χ0) is 11.3. The van der Waals surface area contributed by atoms with Crippen LogP contribution in [0.15, 0.2) is 12.1 Å². The van der Waals surface area contributed by atoms with Crippen LogP contribution in [0, 0.1) is 0 Å². The van der Waals surface area contributed by atoms with Gasteiger partial charge >= 0.3 is 5.97 Å². The molecule has 1 aromatic heterocycles. The van der Waals surface area contributed by atoms with Gasteiger partial charge in [0.15, 0.2) is 0 Å². The Morgan fingerprint density at radius 2 is 2.33 bits per heavy atom. The van der Waals surface area contributed by atoms with Crippen molar-refractivity contribution in [2.24, 2.45) is 5.73 Å². The monoisotopic (exact) mass is 227 g/mol. The minimum absolute atomic E-state index is 0.248. The Morgan fingerprint density at radius 3 is 2.87 bits per heavy atom. The number of carbonyl (C=O) groups is 1. The molecule has 0 fully saturated rings. The third-order valence-electron chi connectivity index (χ3n) is 2.24. The van der Waals surface area contributed by atoms with Gasteiger partial charge in [0.05, 0.1) is 7.11 Å². The van der Waals surface area contributed by atoms with E-state index in [0.717, 1.165) is 17.7 Å². The van der Waals surface area contributed by atoms with Crippen LogP contribution in [0.5, 0.6) is 0 Å². The SMILES string of the molecule is CCCc1ccc(C(CN)C(=O)OC)s1. The van der Waals surface area contributed by atoms with Crippen LogP contribution in [0.3, 0.4) is 0 Å². The zero-order valence-electron chi connectivity index (χ0n) is 9.16. The second-order valence-electron chi connectivity index (χ2n) is 3.37. The highest BCUT2D eigenvalue weighted by atomic mass is 32.1. The summed E-state index contributed by atoms with van der Waals surface area (Å²) in [5.41, 5.74) is 5.57. The minimum atomic E-state index is -0.300. The first-order valence-corrected chi connectivity index (χ1v) is 5.91. The molecule has 0 aromatic carbocycles. The molecule has 4 heteroatoms. The van der Waals surface area contributed by atoms with Gasteiger partial charge in [-0.25, -0.2) is 0 Å². The molecule has 0 spiro atoms. The maximum atomic E-state index is 11.4. The van der Waals surface area contributed by atoms with Crippen LogP contribution < -0.4 is 5.73 Å². The Balaban J connectivity index is 2.78. The van der Waals surface area contributed by atoms with E-state index in [1.165, 1.54) is 12.0 Å². The zero-order valence-corrected chi connectivity index (χ0v) is 9.97. The fourth-order valence-corrected chi connectivity index (χ4v) is 2.65. The summed E-state index contributed by atoms with van der Waals surface area (Å²) in [5, 5.41) is 0. The van der Waals surface area contributed by atoms with Gasteiger partial charge in [-0.1, -0.05) is 13.3 Å². The second kappa shape index (κ2) is 5.88. The molecule has 0 aliphatic heterocycles. The molecule has 15 heavy (non-hydrogen) atoms. The predicted molar refractivity (Wildman–Crippen MR) is 62.1 cm³/mol. The summed E-state index contributed by atoms with van der Waals surface area (Å²) in [7, 11) is 1.39. The van der Waals surface area contributed by atoms with Crippen molar-refractivity contribution >= 4 is 17.3 Å². The number of methoxy groups -OCH3 is 1. The summed E-state index contributed by atoms with van der Waals surface area (Å²) in [6.07, 6.45) is 2.18. The lowest BCUT2D eigenvalue weighted by Gasteiger charge is -2.09. The summed E-state index contributed by atoms with van der Waals surface area (Å²) in [4.78, 5) is 13.7. The smallest absolute Gasteiger partial charge is 0.315 e. The van der Waals surface area contributed by atoms with Crippen LogP contribution in [0.2, 0.25) is 0 Å². The van der Waals surface area contributed by atoms with Crippen molar-refractivity contribution in [3.05, 3.63) is 21.9 Å². The average molecular weight is 227 g/mol. The van der Waals surface area contributed by atoms with E-state index in [9.17, 15) is 4.79 Å². The maximum absolute atomic E-state index is 11.4. The van der Waals surface area contributed by atoms with Gasteiger partial charge in [0.2, 0.25) is 0 Å². The molecule has 1 aromatic rings. The molecule has 0 amide bonds. The lowest BCUT2D eigenvalue weighted by Crippen LogP contribution is -2.21. The molecular weight excluding hydrogens is 210 g/mol. The molecule has 1 heterocycles. The van der Waals surface area contributed by atoms with Gasteiger partial charge in [0.1, 0.15) is 5.92 Å². The van der Waals surface area contributed by atoms with Gasteiger partial charge in [0.25, 0.3) is 0 Å². The number of rotatable bonds is 5. The summed E-state index contributed by atoms with van der Waals surface area (Å²) in [6.45, 7) is 2.44. The van der Waals surface area contributed by atoms with Crippen LogP contribution in [0.1, 0.15) is 29.0 Å². The molecule has 1 unspecified atom stereocenters. The van der Waals surface area contributed by atoms with Crippen molar-refractivity contribution in [1.29, 1.82) is 0 Å². The highest BCUT2D eigenvalue weighted by Crippen LogP contribution is 2.26. The number of carbonyl (C=O) groups excluding carboxylic acids is 1. The number of ether oxygens (including phenoxy) is 1. The molecule has 3 nitrogen and oxygen atoms in total. The topological polar surface area (TPSA) is 52.3 Å². The predicted octanol–water partition coefficient (Wildman–Crippen LogP) is 1.92. The van der Waals surface area contributed by atoms with Crippen molar-refractivity contribution in [2.75, 3.05) is 13.7 Å². The molecule has 0 bridgehead atoms. The Labute approximate surface area is 94.2 Å².